The van der Waals surface area contributed by atoms with Crippen LogP contribution in [0.25, 0.3) is 0 Å². The second-order valence-corrected chi connectivity index (χ2v) is 7.52. The molecular weight excluding hydrogens is 338 g/mol. The fourth-order valence-electron chi connectivity index (χ4n) is 4.14. The number of aliphatic hydroxyl groups is 1. The summed E-state index contributed by atoms with van der Waals surface area (Å²) in [4.78, 5) is 0. The first-order valence-corrected chi connectivity index (χ1v) is 8.79. The Morgan fingerprint density at radius 2 is 2.00 bits per heavy atom. The Labute approximate surface area is 139 Å². The van der Waals surface area contributed by atoms with Crippen molar-refractivity contribution in [2.24, 2.45) is 5.92 Å². The van der Waals surface area contributed by atoms with Crippen LogP contribution in [0.1, 0.15) is 37.8 Å². The van der Waals surface area contributed by atoms with Crippen LogP contribution in [-0.4, -0.2) is 11.1 Å². The van der Waals surface area contributed by atoms with Gasteiger partial charge in [-0.1, -0.05) is 46.3 Å². The van der Waals surface area contributed by atoms with Gasteiger partial charge in [0.05, 0.1) is 6.04 Å². The summed E-state index contributed by atoms with van der Waals surface area (Å²) in [7, 11) is 0. The first-order chi connectivity index (χ1) is 10.6. The van der Waals surface area contributed by atoms with Crippen molar-refractivity contribution in [1.82, 2.24) is 5.32 Å². The topological polar surface area (TPSA) is 32.3 Å². The molecule has 3 atom stereocenters. The third-order valence-corrected chi connectivity index (χ3v) is 5.85. The Morgan fingerprint density at radius 3 is 2.77 bits per heavy atom. The Kier molecular flexibility index (Phi) is 3.50. The van der Waals surface area contributed by atoms with E-state index in [9.17, 15) is 5.11 Å². The van der Waals surface area contributed by atoms with Gasteiger partial charge in [-0.3, -0.25) is 0 Å². The molecule has 2 nitrogen and oxygen atoms in total. The lowest BCUT2D eigenvalue weighted by atomic mass is 9.80. The van der Waals surface area contributed by atoms with Crippen molar-refractivity contribution in [2.45, 2.75) is 38.3 Å². The van der Waals surface area contributed by atoms with Gasteiger partial charge in [-0.2, -0.15) is 0 Å². The summed E-state index contributed by atoms with van der Waals surface area (Å²) in [6.07, 6.45) is 5.30. The molecule has 0 amide bonds. The zero-order valence-corrected chi connectivity index (χ0v) is 14.2. The Bertz CT molecular complexity index is 701. The summed E-state index contributed by atoms with van der Waals surface area (Å²) in [6.45, 7) is 2.27. The number of hydrogen-bond donors (Lipinski definition) is 2. The highest BCUT2D eigenvalue weighted by molar-refractivity contribution is 9.11. The van der Waals surface area contributed by atoms with Gasteiger partial charge in [0.2, 0.25) is 0 Å². The van der Waals surface area contributed by atoms with Gasteiger partial charge >= 0.3 is 0 Å². The molecule has 3 aliphatic rings. The zero-order valence-electron chi connectivity index (χ0n) is 12.6. The van der Waals surface area contributed by atoms with Crippen LogP contribution in [-0.2, 0) is 0 Å². The highest BCUT2D eigenvalue weighted by Crippen LogP contribution is 2.50. The highest BCUT2D eigenvalue weighted by atomic mass is 79.9. The smallest absolute Gasteiger partial charge is 0.124 e. The van der Waals surface area contributed by atoms with E-state index in [1.807, 2.05) is 6.08 Å². The first-order valence-electron chi connectivity index (χ1n) is 8.00. The molecule has 0 spiro atoms. The minimum atomic E-state index is 0.161. The van der Waals surface area contributed by atoms with Gasteiger partial charge in [-0.25, -0.2) is 0 Å². The van der Waals surface area contributed by atoms with E-state index in [0.717, 1.165) is 29.3 Å². The molecule has 0 radical (unpaired) electrons. The number of benzene rings is 1. The Balaban J connectivity index is 1.90. The maximum absolute atomic E-state index is 10.5. The molecule has 0 saturated heterocycles. The lowest BCUT2D eigenvalue weighted by Crippen LogP contribution is -2.30. The minimum absolute atomic E-state index is 0.161. The molecule has 2 N–H and O–H groups in total. The van der Waals surface area contributed by atoms with Crippen LogP contribution in [0, 0.1) is 5.92 Å². The number of halogens is 1. The number of nitrogens with one attached hydrogen (secondary N) is 1. The predicted octanol–water partition coefficient (Wildman–Crippen LogP) is 4.92. The van der Waals surface area contributed by atoms with Crippen LogP contribution in [0.4, 0.5) is 0 Å². The van der Waals surface area contributed by atoms with Crippen molar-refractivity contribution >= 4 is 15.9 Å². The van der Waals surface area contributed by atoms with Gasteiger partial charge < -0.3 is 10.4 Å². The van der Waals surface area contributed by atoms with E-state index >= 15 is 0 Å². The fraction of sp³-hybridized carbons (Fsp3) is 0.368. The Morgan fingerprint density at radius 1 is 1.23 bits per heavy atom. The lowest BCUT2D eigenvalue weighted by Gasteiger charge is -2.27. The summed E-state index contributed by atoms with van der Waals surface area (Å²) in [5.74, 6) is 0.974. The standard InChI is InChI=1S/C19H20BrNO/c1-11-9-13-7-8-15(20)18-16(22)10-14(17(13)18)19(21-11)12-5-3-2-4-6-12/h2-6,10-11,13,19,21-22H,7-9H2,1H3/t11-,13?,19-/m1/s1. The number of aliphatic hydroxyl groups excluding tert-OH is 1. The molecule has 4 rings (SSSR count). The van der Waals surface area contributed by atoms with Crippen molar-refractivity contribution in [2.75, 3.05) is 0 Å². The maximum atomic E-state index is 10.5. The molecule has 0 aromatic heterocycles. The van der Waals surface area contributed by atoms with Gasteiger partial charge in [0, 0.05) is 16.1 Å². The summed E-state index contributed by atoms with van der Waals surface area (Å²) in [5.41, 5.74) is 4.94. The molecule has 1 unspecified atom stereocenters. The first kappa shape index (κ1) is 14.3. The highest BCUT2D eigenvalue weighted by Gasteiger charge is 2.39. The summed E-state index contributed by atoms with van der Waals surface area (Å²) >= 11 is 3.69. The van der Waals surface area contributed by atoms with E-state index in [2.05, 4.69) is 58.5 Å². The molecule has 22 heavy (non-hydrogen) atoms. The summed E-state index contributed by atoms with van der Waals surface area (Å²) in [6, 6.07) is 11.2. The number of allylic oxidation sites excluding steroid dienone is 2. The molecule has 1 heterocycles. The predicted molar refractivity (Wildman–Crippen MR) is 92.8 cm³/mol. The average molecular weight is 358 g/mol. The van der Waals surface area contributed by atoms with Gasteiger partial charge in [0.1, 0.15) is 5.76 Å². The van der Waals surface area contributed by atoms with Gasteiger partial charge in [-0.05, 0) is 54.9 Å². The van der Waals surface area contributed by atoms with Gasteiger partial charge in [0.25, 0.3) is 0 Å². The molecule has 0 bridgehead atoms. The van der Waals surface area contributed by atoms with E-state index < -0.39 is 0 Å². The number of rotatable bonds is 1. The molecule has 1 aromatic rings. The van der Waals surface area contributed by atoms with Gasteiger partial charge in [0.15, 0.2) is 0 Å². The molecule has 114 valence electrons. The quantitative estimate of drug-likeness (QED) is 0.747. The van der Waals surface area contributed by atoms with E-state index in [1.165, 1.54) is 16.7 Å². The van der Waals surface area contributed by atoms with E-state index in [1.54, 1.807) is 0 Å². The normalized spacial score (nSPS) is 31.0. The summed E-state index contributed by atoms with van der Waals surface area (Å²) in [5, 5.41) is 14.2. The van der Waals surface area contributed by atoms with E-state index in [0.29, 0.717) is 17.7 Å². The lowest BCUT2D eigenvalue weighted by molar-refractivity contribution is 0.396. The molecule has 3 heteroatoms. The van der Waals surface area contributed by atoms with Crippen molar-refractivity contribution < 1.29 is 5.11 Å². The third kappa shape index (κ3) is 2.19. The third-order valence-electron chi connectivity index (χ3n) is 5.05. The maximum Gasteiger partial charge on any atom is 0.124 e. The van der Waals surface area contributed by atoms with Crippen molar-refractivity contribution in [3.05, 3.63) is 68.9 Å². The summed E-state index contributed by atoms with van der Waals surface area (Å²) < 4.78 is 1.16. The monoisotopic (exact) mass is 357 g/mol. The molecule has 0 fully saturated rings. The van der Waals surface area contributed by atoms with E-state index in [4.69, 9.17) is 0 Å². The molecule has 1 aliphatic heterocycles. The zero-order chi connectivity index (χ0) is 15.3. The van der Waals surface area contributed by atoms with Crippen LogP contribution in [0.15, 0.2) is 63.4 Å². The van der Waals surface area contributed by atoms with E-state index in [-0.39, 0.29) is 6.04 Å². The second kappa shape index (κ2) is 5.39. The van der Waals surface area contributed by atoms with Gasteiger partial charge in [-0.15, -0.1) is 0 Å². The molecular formula is C19H20BrNO. The van der Waals surface area contributed by atoms with Crippen LogP contribution in [0.5, 0.6) is 0 Å². The molecule has 2 aliphatic carbocycles. The van der Waals surface area contributed by atoms with Crippen molar-refractivity contribution in [3.8, 4) is 0 Å². The van der Waals surface area contributed by atoms with Crippen molar-refractivity contribution in [1.29, 1.82) is 0 Å². The largest absolute Gasteiger partial charge is 0.507 e. The number of hydrogen-bond acceptors (Lipinski definition) is 2. The minimum Gasteiger partial charge on any atom is -0.507 e. The Hall–Kier alpha value is -1.32. The fourth-order valence-corrected chi connectivity index (χ4v) is 4.79. The van der Waals surface area contributed by atoms with Crippen molar-refractivity contribution in [3.63, 3.8) is 0 Å². The second-order valence-electron chi connectivity index (χ2n) is 6.56. The average Bonchev–Trinajstić information content (AvgIpc) is 2.80. The molecule has 0 saturated carbocycles. The van der Waals surface area contributed by atoms with Crippen LogP contribution >= 0.6 is 15.9 Å². The van der Waals surface area contributed by atoms with Crippen LogP contribution in [0.2, 0.25) is 0 Å². The molecule has 1 aromatic carbocycles. The van der Waals surface area contributed by atoms with Crippen LogP contribution in [0.3, 0.4) is 0 Å². The SMILES string of the molecule is C[C@@H]1CC2CCC(Br)=C3C(O)=CC(=C32)[C@@H](c2ccccc2)N1. The van der Waals surface area contributed by atoms with Crippen LogP contribution < -0.4 is 5.32 Å².